The van der Waals surface area contributed by atoms with E-state index in [9.17, 15) is 4.79 Å². The van der Waals surface area contributed by atoms with E-state index in [0.717, 1.165) is 39.0 Å². The molecule has 5 heteroatoms. The molecule has 1 unspecified atom stereocenters. The molecular weight excluding hydrogens is 244 g/mol. The first kappa shape index (κ1) is 12.7. The quantitative estimate of drug-likeness (QED) is 0.872. The van der Waals surface area contributed by atoms with E-state index >= 15 is 0 Å². The Labute approximate surface area is 112 Å². The molecule has 2 N–H and O–H groups in total. The molecule has 1 atom stereocenters. The highest BCUT2D eigenvalue weighted by Crippen LogP contribution is 2.30. The second-order valence-corrected chi connectivity index (χ2v) is 5.39. The van der Waals surface area contributed by atoms with E-state index in [4.69, 9.17) is 14.9 Å². The second kappa shape index (κ2) is 5.35. The van der Waals surface area contributed by atoms with Crippen molar-refractivity contribution in [3.05, 3.63) is 23.7 Å². The molecule has 2 fully saturated rings. The van der Waals surface area contributed by atoms with Gasteiger partial charge in [0.15, 0.2) is 5.76 Å². The molecule has 2 heterocycles. The molecule has 3 rings (SSSR count). The number of rotatable bonds is 5. The molecule has 1 aromatic heterocycles. The molecule has 0 radical (unpaired) electrons. The maximum absolute atomic E-state index is 12.5. The van der Waals surface area contributed by atoms with Gasteiger partial charge in [-0.15, -0.1) is 0 Å². The van der Waals surface area contributed by atoms with Crippen molar-refractivity contribution in [3.63, 3.8) is 0 Å². The predicted molar refractivity (Wildman–Crippen MR) is 69.6 cm³/mol. The van der Waals surface area contributed by atoms with E-state index in [1.54, 1.807) is 12.1 Å². The Kier molecular flexibility index (Phi) is 3.57. The van der Waals surface area contributed by atoms with Gasteiger partial charge in [-0.1, -0.05) is 0 Å². The molecule has 1 saturated carbocycles. The van der Waals surface area contributed by atoms with Crippen LogP contribution >= 0.6 is 0 Å². The van der Waals surface area contributed by atoms with Crippen molar-refractivity contribution in [3.8, 4) is 0 Å². The summed E-state index contributed by atoms with van der Waals surface area (Å²) in [4.78, 5) is 14.5. The number of nitrogens with two attached hydrogens (primary N) is 1. The molecule has 1 saturated heterocycles. The van der Waals surface area contributed by atoms with Gasteiger partial charge >= 0.3 is 0 Å². The summed E-state index contributed by atoms with van der Waals surface area (Å²) in [6, 6.07) is 3.89. The Balaban J connectivity index is 1.69. The van der Waals surface area contributed by atoms with Crippen molar-refractivity contribution >= 4 is 5.91 Å². The summed E-state index contributed by atoms with van der Waals surface area (Å²) in [5.74, 6) is 1.53. The third kappa shape index (κ3) is 2.82. The van der Waals surface area contributed by atoms with Gasteiger partial charge in [0, 0.05) is 25.1 Å². The molecule has 104 valence electrons. The molecule has 1 aliphatic carbocycles. The Morgan fingerprint density at radius 1 is 1.37 bits per heavy atom. The molecule has 1 amide bonds. The average Bonchev–Trinajstić information content (AvgIpc) is 2.95. The summed E-state index contributed by atoms with van der Waals surface area (Å²) < 4.78 is 10.9. The molecule has 0 spiro atoms. The number of nitrogens with zero attached hydrogens (tertiary/aromatic N) is 1. The number of carbonyl (C=O) groups excluding carboxylic acids is 1. The molecule has 5 nitrogen and oxygen atoms in total. The van der Waals surface area contributed by atoms with Crippen molar-refractivity contribution in [2.24, 2.45) is 11.7 Å². The zero-order chi connectivity index (χ0) is 13.2. The smallest absolute Gasteiger partial charge is 0.289 e. The van der Waals surface area contributed by atoms with E-state index in [-0.39, 0.29) is 5.91 Å². The van der Waals surface area contributed by atoms with Crippen LogP contribution in [0.4, 0.5) is 0 Å². The van der Waals surface area contributed by atoms with Crippen molar-refractivity contribution < 1.29 is 13.9 Å². The summed E-state index contributed by atoms with van der Waals surface area (Å²) in [6.45, 7) is 2.69. The standard InChI is InChI=1S/C14H20N2O3/c15-7-12-3-4-13(19-12)14(17)16(11-1-2-11)8-10-5-6-18-9-10/h3-4,10-11H,1-2,5-9,15H2. The van der Waals surface area contributed by atoms with E-state index < -0.39 is 0 Å². The highest BCUT2D eigenvalue weighted by atomic mass is 16.5. The Hall–Kier alpha value is -1.33. The van der Waals surface area contributed by atoms with Gasteiger partial charge in [-0.05, 0) is 31.4 Å². The minimum absolute atomic E-state index is 0.00546. The minimum atomic E-state index is -0.00546. The largest absolute Gasteiger partial charge is 0.455 e. The highest BCUT2D eigenvalue weighted by Gasteiger charge is 2.36. The molecule has 0 bridgehead atoms. The fraction of sp³-hybridized carbons (Fsp3) is 0.643. The van der Waals surface area contributed by atoms with Crippen LogP contribution in [0.3, 0.4) is 0 Å². The Bertz CT molecular complexity index is 447. The van der Waals surface area contributed by atoms with Crippen molar-refractivity contribution in [1.29, 1.82) is 0 Å². The van der Waals surface area contributed by atoms with Gasteiger partial charge < -0.3 is 19.8 Å². The normalized spacial score (nSPS) is 22.7. The predicted octanol–water partition coefficient (Wildman–Crippen LogP) is 1.38. The summed E-state index contributed by atoms with van der Waals surface area (Å²) in [7, 11) is 0. The molecule has 19 heavy (non-hydrogen) atoms. The van der Waals surface area contributed by atoms with Gasteiger partial charge in [-0.3, -0.25) is 4.79 Å². The van der Waals surface area contributed by atoms with Gasteiger partial charge in [0.25, 0.3) is 5.91 Å². The van der Waals surface area contributed by atoms with Crippen LogP contribution in [0.15, 0.2) is 16.5 Å². The zero-order valence-electron chi connectivity index (χ0n) is 11.0. The fourth-order valence-electron chi connectivity index (χ4n) is 2.53. The number of amides is 1. The van der Waals surface area contributed by atoms with Crippen LogP contribution < -0.4 is 5.73 Å². The molecule has 2 aliphatic rings. The van der Waals surface area contributed by atoms with E-state index in [2.05, 4.69) is 0 Å². The maximum Gasteiger partial charge on any atom is 0.289 e. The van der Waals surface area contributed by atoms with Gasteiger partial charge in [0.2, 0.25) is 0 Å². The molecule has 1 aromatic rings. The van der Waals surface area contributed by atoms with Crippen LogP contribution in [-0.2, 0) is 11.3 Å². The Morgan fingerprint density at radius 3 is 2.79 bits per heavy atom. The van der Waals surface area contributed by atoms with E-state index in [1.807, 2.05) is 4.90 Å². The summed E-state index contributed by atoms with van der Waals surface area (Å²) >= 11 is 0. The maximum atomic E-state index is 12.5. The lowest BCUT2D eigenvalue weighted by Crippen LogP contribution is -2.37. The monoisotopic (exact) mass is 264 g/mol. The van der Waals surface area contributed by atoms with Crippen LogP contribution in [0.25, 0.3) is 0 Å². The first-order chi connectivity index (χ1) is 9.28. The van der Waals surface area contributed by atoms with Crippen LogP contribution in [0.5, 0.6) is 0 Å². The topological polar surface area (TPSA) is 68.7 Å². The lowest BCUT2D eigenvalue weighted by Gasteiger charge is -2.24. The van der Waals surface area contributed by atoms with E-state index in [0.29, 0.717) is 30.0 Å². The average molecular weight is 264 g/mol. The van der Waals surface area contributed by atoms with Crippen molar-refractivity contribution in [1.82, 2.24) is 4.90 Å². The van der Waals surface area contributed by atoms with Gasteiger partial charge in [-0.2, -0.15) is 0 Å². The van der Waals surface area contributed by atoms with Crippen LogP contribution in [0, 0.1) is 5.92 Å². The van der Waals surface area contributed by atoms with E-state index in [1.165, 1.54) is 0 Å². The van der Waals surface area contributed by atoms with Crippen LogP contribution in [0.2, 0.25) is 0 Å². The zero-order valence-corrected chi connectivity index (χ0v) is 11.0. The lowest BCUT2D eigenvalue weighted by molar-refractivity contribution is 0.0672. The number of furan rings is 1. The summed E-state index contributed by atoms with van der Waals surface area (Å²) in [5, 5.41) is 0. The second-order valence-electron chi connectivity index (χ2n) is 5.39. The van der Waals surface area contributed by atoms with Crippen molar-refractivity contribution in [2.75, 3.05) is 19.8 Å². The lowest BCUT2D eigenvalue weighted by atomic mass is 10.1. The van der Waals surface area contributed by atoms with Gasteiger partial charge in [-0.25, -0.2) is 0 Å². The van der Waals surface area contributed by atoms with Crippen LogP contribution in [0.1, 0.15) is 35.6 Å². The fourth-order valence-corrected chi connectivity index (χ4v) is 2.53. The first-order valence-electron chi connectivity index (χ1n) is 6.95. The van der Waals surface area contributed by atoms with Gasteiger partial charge in [0.05, 0.1) is 13.2 Å². The first-order valence-corrected chi connectivity index (χ1v) is 6.95. The molecule has 0 aromatic carbocycles. The third-order valence-electron chi connectivity index (χ3n) is 3.80. The number of carbonyl (C=O) groups is 1. The summed E-state index contributed by atoms with van der Waals surface area (Å²) in [6.07, 6.45) is 3.25. The van der Waals surface area contributed by atoms with Crippen molar-refractivity contribution in [2.45, 2.75) is 31.8 Å². The Morgan fingerprint density at radius 2 is 2.21 bits per heavy atom. The SMILES string of the molecule is NCc1ccc(C(=O)N(CC2CCOC2)C2CC2)o1. The number of hydrogen-bond donors (Lipinski definition) is 1. The van der Waals surface area contributed by atoms with Crippen LogP contribution in [-0.4, -0.2) is 36.6 Å². The third-order valence-corrected chi connectivity index (χ3v) is 3.80. The number of ether oxygens (including phenoxy) is 1. The number of hydrogen-bond acceptors (Lipinski definition) is 4. The molecule has 1 aliphatic heterocycles. The highest BCUT2D eigenvalue weighted by molar-refractivity contribution is 5.92. The molecular formula is C14H20N2O3. The minimum Gasteiger partial charge on any atom is -0.455 e. The summed E-state index contributed by atoms with van der Waals surface area (Å²) in [5.41, 5.74) is 5.51. The van der Waals surface area contributed by atoms with Gasteiger partial charge in [0.1, 0.15) is 5.76 Å².